The molecule has 7 rings (SSSR count). The van der Waals surface area contributed by atoms with Crippen molar-refractivity contribution < 1.29 is 14.0 Å². The van der Waals surface area contributed by atoms with Crippen molar-refractivity contribution in [2.45, 2.75) is 0 Å². The maximum atomic E-state index is 13.4. The maximum absolute atomic E-state index is 13.4. The highest BCUT2D eigenvalue weighted by molar-refractivity contribution is 6.34. The molecule has 4 aromatic carbocycles. The van der Waals surface area contributed by atoms with Crippen LogP contribution in [0.4, 0.5) is 5.69 Å². The van der Waals surface area contributed by atoms with Crippen LogP contribution in [-0.2, 0) is 0 Å². The molecule has 0 bridgehead atoms. The average Bonchev–Trinajstić information content (AvgIpc) is 3.58. The van der Waals surface area contributed by atoms with Gasteiger partial charge in [0.25, 0.3) is 11.8 Å². The van der Waals surface area contributed by atoms with E-state index in [4.69, 9.17) is 4.42 Å². The van der Waals surface area contributed by atoms with Crippen LogP contribution in [0.5, 0.6) is 0 Å². The zero-order valence-electron chi connectivity index (χ0n) is 18.2. The van der Waals surface area contributed by atoms with E-state index < -0.39 is 0 Å². The van der Waals surface area contributed by atoms with Crippen LogP contribution in [0.1, 0.15) is 20.7 Å². The lowest BCUT2D eigenvalue weighted by molar-refractivity contribution is 0.0926. The maximum Gasteiger partial charge on any atom is 0.266 e. The molecule has 0 fully saturated rings. The summed E-state index contributed by atoms with van der Waals surface area (Å²) in [6, 6.07) is 27.5. The van der Waals surface area contributed by atoms with Gasteiger partial charge in [-0.25, -0.2) is 14.9 Å². The Labute approximate surface area is 198 Å². The third-order valence-electron chi connectivity index (χ3n) is 6.19. The Kier molecular flexibility index (Phi) is 4.01. The van der Waals surface area contributed by atoms with Crippen molar-refractivity contribution in [2.75, 3.05) is 4.90 Å². The Morgan fingerprint density at radius 1 is 0.686 bits per heavy atom. The summed E-state index contributed by atoms with van der Waals surface area (Å²) in [6.07, 6.45) is 0. The molecule has 0 spiro atoms. The molecule has 7 nitrogen and oxygen atoms in total. The fourth-order valence-corrected chi connectivity index (χ4v) is 4.49. The van der Waals surface area contributed by atoms with Gasteiger partial charge in [-0.1, -0.05) is 36.4 Å². The van der Waals surface area contributed by atoms with Gasteiger partial charge >= 0.3 is 0 Å². The number of nitrogens with one attached hydrogen (secondary N) is 1. The van der Waals surface area contributed by atoms with E-state index >= 15 is 0 Å². The number of H-pyrrole nitrogens is 1. The first-order valence-corrected chi connectivity index (χ1v) is 11.1. The molecule has 1 N–H and O–H groups in total. The predicted molar refractivity (Wildman–Crippen MR) is 132 cm³/mol. The summed E-state index contributed by atoms with van der Waals surface area (Å²) in [5, 5.41) is 0. The highest BCUT2D eigenvalue weighted by atomic mass is 16.3. The number of hydrogen-bond donors (Lipinski definition) is 1. The molecule has 1 aliphatic heterocycles. The highest BCUT2D eigenvalue weighted by Gasteiger charge is 2.37. The lowest BCUT2D eigenvalue weighted by Crippen LogP contribution is -2.29. The molecule has 0 radical (unpaired) electrons. The summed E-state index contributed by atoms with van der Waals surface area (Å²) in [7, 11) is 0. The Balaban J connectivity index is 1.26. The van der Waals surface area contributed by atoms with Gasteiger partial charge in [0.15, 0.2) is 5.58 Å². The number of fused-ring (bicyclic) bond motifs is 3. The third kappa shape index (κ3) is 2.99. The highest BCUT2D eigenvalue weighted by Crippen LogP contribution is 2.34. The van der Waals surface area contributed by atoms with E-state index in [0.717, 1.165) is 22.1 Å². The second-order valence-electron chi connectivity index (χ2n) is 8.35. The van der Waals surface area contributed by atoms with Crippen LogP contribution in [0.15, 0.2) is 95.4 Å². The van der Waals surface area contributed by atoms with Gasteiger partial charge in [-0.2, -0.15) is 0 Å². The number of aromatic amines is 1. The number of benzene rings is 4. The summed E-state index contributed by atoms with van der Waals surface area (Å²) in [6.45, 7) is 0. The molecule has 2 amide bonds. The van der Waals surface area contributed by atoms with Crippen LogP contribution in [0.2, 0.25) is 0 Å². The van der Waals surface area contributed by atoms with Gasteiger partial charge in [-0.05, 0) is 54.6 Å². The van der Waals surface area contributed by atoms with E-state index in [-0.39, 0.29) is 11.8 Å². The van der Waals surface area contributed by atoms with Gasteiger partial charge in [0.1, 0.15) is 11.3 Å². The van der Waals surface area contributed by atoms with E-state index in [9.17, 15) is 9.59 Å². The first-order valence-electron chi connectivity index (χ1n) is 11.1. The van der Waals surface area contributed by atoms with Crippen LogP contribution < -0.4 is 4.90 Å². The molecule has 0 aliphatic carbocycles. The zero-order chi connectivity index (χ0) is 23.5. The number of para-hydroxylation sites is 4. The lowest BCUT2D eigenvalue weighted by atomic mass is 10.1. The standard InChI is InChI=1S/C28H16N4O3/c33-27-19-13-12-17(26-31-23-10-3-4-11-24(23)35-26)15-20(19)28(34)32(27)18-7-5-6-16(14-18)25-29-21-8-1-2-9-22(21)30-25/h1-15H,(H,29,30). The minimum atomic E-state index is -0.385. The number of aromatic nitrogens is 3. The molecular weight excluding hydrogens is 440 g/mol. The summed E-state index contributed by atoms with van der Waals surface area (Å²) in [5.41, 5.74) is 5.73. The van der Waals surface area contributed by atoms with Crippen molar-refractivity contribution in [3.05, 3.63) is 102 Å². The Bertz CT molecular complexity index is 1750. The van der Waals surface area contributed by atoms with Gasteiger partial charge < -0.3 is 9.40 Å². The van der Waals surface area contributed by atoms with E-state index in [1.807, 2.05) is 60.7 Å². The summed E-state index contributed by atoms with van der Waals surface area (Å²) < 4.78 is 5.85. The fourth-order valence-electron chi connectivity index (χ4n) is 4.49. The first kappa shape index (κ1) is 19.4. The number of imidazole rings is 1. The summed E-state index contributed by atoms with van der Waals surface area (Å²) in [5.74, 6) is 0.322. The molecule has 0 atom stereocenters. The van der Waals surface area contributed by atoms with Crippen LogP contribution >= 0.6 is 0 Å². The summed E-state index contributed by atoms with van der Waals surface area (Å²) in [4.78, 5) is 40.2. The molecule has 2 aromatic heterocycles. The minimum Gasteiger partial charge on any atom is -0.436 e. The number of imide groups is 1. The van der Waals surface area contributed by atoms with Crippen molar-refractivity contribution >= 4 is 39.6 Å². The smallest absolute Gasteiger partial charge is 0.266 e. The number of oxazole rings is 1. The van der Waals surface area contributed by atoms with Crippen LogP contribution in [0, 0.1) is 0 Å². The van der Waals surface area contributed by atoms with Crippen LogP contribution in [0.3, 0.4) is 0 Å². The SMILES string of the molecule is O=C1c2ccc(-c3nc4ccccc4o3)cc2C(=O)N1c1cccc(-c2nc3ccccc3[nH]2)c1. The topological polar surface area (TPSA) is 92.1 Å². The first-order chi connectivity index (χ1) is 17.2. The number of rotatable bonds is 3. The number of amides is 2. The molecule has 3 heterocycles. The van der Waals surface area contributed by atoms with E-state index in [1.54, 1.807) is 30.3 Å². The number of anilines is 1. The Morgan fingerprint density at radius 2 is 1.49 bits per heavy atom. The second kappa shape index (κ2) is 7.23. The normalized spacial score (nSPS) is 13.2. The molecule has 166 valence electrons. The third-order valence-corrected chi connectivity index (χ3v) is 6.19. The van der Waals surface area contributed by atoms with Gasteiger partial charge in [0.2, 0.25) is 5.89 Å². The van der Waals surface area contributed by atoms with Crippen molar-refractivity contribution in [3.63, 3.8) is 0 Å². The molecule has 35 heavy (non-hydrogen) atoms. The van der Waals surface area contributed by atoms with Crippen LogP contribution in [0.25, 0.3) is 45.0 Å². The van der Waals surface area contributed by atoms with Crippen molar-refractivity contribution in [1.82, 2.24) is 15.0 Å². The van der Waals surface area contributed by atoms with Gasteiger partial charge in [-0.3, -0.25) is 9.59 Å². The number of nitrogens with zero attached hydrogens (tertiary/aromatic N) is 3. The largest absolute Gasteiger partial charge is 0.436 e. The predicted octanol–water partition coefficient (Wildman–Crippen LogP) is 5.84. The average molecular weight is 456 g/mol. The zero-order valence-corrected chi connectivity index (χ0v) is 18.2. The minimum absolute atomic E-state index is 0.323. The molecule has 1 aliphatic rings. The van der Waals surface area contributed by atoms with Crippen molar-refractivity contribution in [1.29, 1.82) is 0 Å². The van der Waals surface area contributed by atoms with Gasteiger partial charge in [0, 0.05) is 11.1 Å². The monoisotopic (exact) mass is 456 g/mol. The van der Waals surface area contributed by atoms with Crippen molar-refractivity contribution in [3.8, 4) is 22.8 Å². The molecule has 6 aromatic rings. The van der Waals surface area contributed by atoms with Crippen molar-refractivity contribution in [2.24, 2.45) is 0 Å². The Morgan fingerprint density at radius 3 is 2.34 bits per heavy atom. The number of carbonyl (C=O) groups is 2. The van der Waals surface area contributed by atoms with Gasteiger partial charge in [-0.15, -0.1) is 0 Å². The second-order valence-corrected chi connectivity index (χ2v) is 8.35. The molecule has 0 unspecified atom stereocenters. The quantitative estimate of drug-likeness (QED) is 0.338. The van der Waals surface area contributed by atoms with E-state index in [0.29, 0.717) is 39.7 Å². The fraction of sp³-hybridized carbons (Fsp3) is 0. The molecular formula is C28H16N4O3. The number of carbonyl (C=O) groups excluding carboxylic acids is 2. The number of hydrogen-bond acceptors (Lipinski definition) is 5. The molecule has 7 heteroatoms. The van der Waals surface area contributed by atoms with E-state index in [2.05, 4.69) is 15.0 Å². The lowest BCUT2D eigenvalue weighted by Gasteiger charge is -2.14. The molecule has 0 saturated carbocycles. The summed E-state index contributed by atoms with van der Waals surface area (Å²) >= 11 is 0. The Hall–Kier alpha value is -5.04. The van der Waals surface area contributed by atoms with E-state index in [1.165, 1.54) is 4.90 Å². The molecule has 0 saturated heterocycles. The van der Waals surface area contributed by atoms with Gasteiger partial charge in [0.05, 0.1) is 27.8 Å². The van der Waals surface area contributed by atoms with Crippen LogP contribution in [-0.4, -0.2) is 26.8 Å².